The van der Waals surface area contributed by atoms with Crippen molar-refractivity contribution in [3.05, 3.63) is 60.3 Å². The summed E-state index contributed by atoms with van der Waals surface area (Å²) in [5.41, 5.74) is 4.22. The lowest BCUT2D eigenvalue weighted by Gasteiger charge is -2.27. The largest absolute Gasteiger partial charge is 0.454 e. The van der Waals surface area contributed by atoms with Gasteiger partial charge in [0.15, 0.2) is 11.5 Å². The SMILES string of the molecule is CN(Cc1cn(-c2ccccc2)nc1-c1ccc2c(c1)OCO2)C[C@@H]1CCCCO1. The molecule has 2 aliphatic rings. The zero-order valence-corrected chi connectivity index (χ0v) is 17.3. The average molecular weight is 405 g/mol. The number of ether oxygens (including phenoxy) is 3. The Labute approximate surface area is 177 Å². The fourth-order valence-electron chi connectivity index (χ4n) is 4.18. The molecule has 156 valence electrons. The minimum Gasteiger partial charge on any atom is -0.454 e. The van der Waals surface area contributed by atoms with Crippen LogP contribution in [0.4, 0.5) is 0 Å². The summed E-state index contributed by atoms with van der Waals surface area (Å²) in [4.78, 5) is 2.33. The summed E-state index contributed by atoms with van der Waals surface area (Å²) in [7, 11) is 2.15. The van der Waals surface area contributed by atoms with Gasteiger partial charge in [0, 0.05) is 37.0 Å². The molecule has 1 aromatic heterocycles. The van der Waals surface area contributed by atoms with Gasteiger partial charge in [-0.3, -0.25) is 4.90 Å². The Morgan fingerprint density at radius 2 is 1.93 bits per heavy atom. The van der Waals surface area contributed by atoms with Crippen LogP contribution in [0.2, 0.25) is 0 Å². The molecule has 5 rings (SSSR count). The monoisotopic (exact) mass is 405 g/mol. The van der Waals surface area contributed by atoms with Crippen molar-refractivity contribution in [3.63, 3.8) is 0 Å². The fraction of sp³-hybridized carbons (Fsp3) is 0.375. The van der Waals surface area contributed by atoms with Crippen molar-refractivity contribution in [1.29, 1.82) is 0 Å². The van der Waals surface area contributed by atoms with E-state index >= 15 is 0 Å². The Bertz CT molecular complexity index is 996. The normalized spacial score (nSPS) is 18.1. The van der Waals surface area contributed by atoms with Gasteiger partial charge in [-0.15, -0.1) is 0 Å². The maximum atomic E-state index is 5.93. The van der Waals surface area contributed by atoms with Crippen LogP contribution in [0.25, 0.3) is 16.9 Å². The lowest BCUT2D eigenvalue weighted by Crippen LogP contribution is -2.33. The van der Waals surface area contributed by atoms with Crippen LogP contribution in [-0.4, -0.2) is 47.8 Å². The number of para-hydroxylation sites is 1. The van der Waals surface area contributed by atoms with Crippen molar-refractivity contribution in [1.82, 2.24) is 14.7 Å². The molecule has 0 radical (unpaired) electrons. The van der Waals surface area contributed by atoms with E-state index in [1.54, 1.807) is 0 Å². The fourth-order valence-corrected chi connectivity index (χ4v) is 4.18. The molecule has 6 heteroatoms. The van der Waals surface area contributed by atoms with E-state index in [0.29, 0.717) is 6.10 Å². The molecule has 0 spiro atoms. The van der Waals surface area contributed by atoms with Gasteiger partial charge in [-0.1, -0.05) is 18.2 Å². The van der Waals surface area contributed by atoms with Crippen LogP contribution < -0.4 is 9.47 Å². The van der Waals surface area contributed by atoms with E-state index in [-0.39, 0.29) is 6.79 Å². The quantitative estimate of drug-likeness (QED) is 0.613. The van der Waals surface area contributed by atoms with Crippen LogP contribution in [0.1, 0.15) is 24.8 Å². The van der Waals surface area contributed by atoms with Gasteiger partial charge < -0.3 is 14.2 Å². The van der Waals surface area contributed by atoms with Gasteiger partial charge in [0.05, 0.1) is 17.5 Å². The van der Waals surface area contributed by atoms with Gasteiger partial charge in [-0.05, 0) is 56.6 Å². The molecule has 0 N–H and O–H groups in total. The van der Waals surface area contributed by atoms with Gasteiger partial charge in [0.2, 0.25) is 6.79 Å². The van der Waals surface area contributed by atoms with Gasteiger partial charge >= 0.3 is 0 Å². The topological polar surface area (TPSA) is 48.8 Å². The third-order valence-corrected chi connectivity index (χ3v) is 5.69. The zero-order chi connectivity index (χ0) is 20.3. The van der Waals surface area contributed by atoms with Gasteiger partial charge in [0.25, 0.3) is 0 Å². The first-order valence-electron chi connectivity index (χ1n) is 10.6. The molecule has 0 unspecified atom stereocenters. The van der Waals surface area contributed by atoms with E-state index in [2.05, 4.69) is 36.3 Å². The molecule has 1 saturated heterocycles. The molecule has 0 amide bonds. The summed E-state index contributed by atoms with van der Waals surface area (Å²) in [5, 5.41) is 4.94. The Kier molecular flexibility index (Phi) is 5.43. The number of likely N-dealkylation sites (N-methyl/N-ethyl adjacent to an activating group) is 1. The van der Waals surface area contributed by atoms with E-state index in [1.165, 1.54) is 18.4 Å². The summed E-state index contributed by atoms with van der Waals surface area (Å²) in [6.07, 6.45) is 6.03. The summed E-state index contributed by atoms with van der Waals surface area (Å²) >= 11 is 0. The van der Waals surface area contributed by atoms with E-state index in [4.69, 9.17) is 19.3 Å². The number of hydrogen-bond acceptors (Lipinski definition) is 5. The predicted octanol–water partition coefficient (Wildman–Crippen LogP) is 4.27. The van der Waals surface area contributed by atoms with Crippen LogP contribution in [0.15, 0.2) is 54.7 Å². The molecule has 2 aliphatic heterocycles. The van der Waals surface area contributed by atoms with Crippen molar-refractivity contribution in [2.24, 2.45) is 0 Å². The second-order valence-corrected chi connectivity index (χ2v) is 8.04. The lowest BCUT2D eigenvalue weighted by molar-refractivity contribution is -0.00257. The number of benzene rings is 2. The maximum Gasteiger partial charge on any atom is 0.231 e. The molecule has 2 aromatic carbocycles. The molecular formula is C24H27N3O3. The van der Waals surface area contributed by atoms with E-state index < -0.39 is 0 Å². The van der Waals surface area contributed by atoms with Gasteiger partial charge in [0.1, 0.15) is 0 Å². The minimum atomic E-state index is 0.272. The number of fused-ring (bicyclic) bond motifs is 1. The lowest BCUT2D eigenvalue weighted by atomic mass is 10.1. The molecule has 30 heavy (non-hydrogen) atoms. The third-order valence-electron chi connectivity index (χ3n) is 5.69. The zero-order valence-electron chi connectivity index (χ0n) is 17.3. The number of hydrogen-bond donors (Lipinski definition) is 0. The second kappa shape index (κ2) is 8.50. The summed E-state index contributed by atoms with van der Waals surface area (Å²) in [6, 6.07) is 16.3. The number of aromatic nitrogens is 2. The summed E-state index contributed by atoms with van der Waals surface area (Å²) in [6.45, 7) is 2.88. The van der Waals surface area contributed by atoms with Crippen molar-refractivity contribution in [3.8, 4) is 28.4 Å². The Morgan fingerprint density at radius 1 is 1.07 bits per heavy atom. The van der Waals surface area contributed by atoms with Crippen LogP contribution in [0, 0.1) is 0 Å². The molecule has 0 aliphatic carbocycles. The standard InChI is InChI=1S/C24H27N3O3/c1-26(16-21-9-5-6-12-28-21)14-19-15-27(20-7-3-2-4-8-20)25-24(19)18-10-11-22-23(13-18)30-17-29-22/h2-4,7-8,10-11,13,15,21H,5-6,9,12,14,16-17H2,1H3/t21-/m0/s1. The summed E-state index contributed by atoms with van der Waals surface area (Å²) < 4.78 is 19.0. The van der Waals surface area contributed by atoms with Crippen molar-refractivity contribution in [2.45, 2.75) is 31.9 Å². The van der Waals surface area contributed by atoms with Crippen LogP contribution in [-0.2, 0) is 11.3 Å². The molecular weight excluding hydrogens is 378 g/mol. The molecule has 1 atom stereocenters. The average Bonchev–Trinajstić information content (AvgIpc) is 3.41. The highest BCUT2D eigenvalue weighted by molar-refractivity contribution is 5.67. The molecule has 0 saturated carbocycles. The van der Waals surface area contributed by atoms with Gasteiger partial charge in [-0.25, -0.2) is 4.68 Å². The van der Waals surface area contributed by atoms with E-state index in [1.807, 2.05) is 35.0 Å². The molecule has 3 aromatic rings. The first kappa shape index (κ1) is 19.2. The number of nitrogens with zero attached hydrogens (tertiary/aromatic N) is 3. The predicted molar refractivity (Wildman–Crippen MR) is 115 cm³/mol. The van der Waals surface area contributed by atoms with Crippen LogP contribution in [0.5, 0.6) is 11.5 Å². The van der Waals surface area contributed by atoms with Crippen molar-refractivity contribution < 1.29 is 14.2 Å². The van der Waals surface area contributed by atoms with Crippen molar-refractivity contribution in [2.75, 3.05) is 27.0 Å². The highest BCUT2D eigenvalue weighted by atomic mass is 16.7. The summed E-state index contributed by atoms with van der Waals surface area (Å²) in [5.74, 6) is 1.56. The second-order valence-electron chi connectivity index (χ2n) is 8.04. The minimum absolute atomic E-state index is 0.272. The number of rotatable bonds is 6. The van der Waals surface area contributed by atoms with Crippen LogP contribution >= 0.6 is 0 Å². The highest BCUT2D eigenvalue weighted by Crippen LogP contribution is 2.36. The maximum absolute atomic E-state index is 5.93. The first-order chi connectivity index (χ1) is 14.8. The molecule has 6 nitrogen and oxygen atoms in total. The molecule has 1 fully saturated rings. The smallest absolute Gasteiger partial charge is 0.231 e. The third kappa shape index (κ3) is 4.06. The van der Waals surface area contributed by atoms with Gasteiger partial charge in [-0.2, -0.15) is 5.10 Å². The Hall–Kier alpha value is -2.83. The highest BCUT2D eigenvalue weighted by Gasteiger charge is 2.21. The van der Waals surface area contributed by atoms with Crippen molar-refractivity contribution >= 4 is 0 Å². The molecule has 0 bridgehead atoms. The first-order valence-corrected chi connectivity index (χ1v) is 10.6. The Morgan fingerprint density at radius 3 is 2.77 bits per heavy atom. The van der Waals surface area contributed by atoms with E-state index in [9.17, 15) is 0 Å². The Balaban J connectivity index is 1.44. The molecule has 3 heterocycles. The van der Waals surface area contributed by atoms with E-state index in [0.717, 1.165) is 54.6 Å². The van der Waals surface area contributed by atoms with Crippen LogP contribution in [0.3, 0.4) is 0 Å².